The van der Waals surface area contributed by atoms with Gasteiger partial charge in [-0.25, -0.2) is 4.79 Å². The lowest BCUT2D eigenvalue weighted by Gasteiger charge is -2.25. The Balaban J connectivity index is 1.90. The standard InChI is InChI=1S/C20H28N2O3/c1-14-7-15(2)20-18(8-14)17(9-19(23)25-20)12-22-5-6-24-13-16(11-22)10-21(3)4/h7-9,16H,5-6,10-13H2,1-4H3. The summed E-state index contributed by atoms with van der Waals surface area (Å²) in [6.07, 6.45) is 0. The molecule has 3 rings (SSSR count). The molecule has 0 amide bonds. The molecule has 1 atom stereocenters. The SMILES string of the molecule is Cc1cc(C)c2oc(=O)cc(CN3CCOCC(CN(C)C)C3)c2c1. The summed E-state index contributed by atoms with van der Waals surface area (Å²) in [7, 11) is 4.19. The Bertz CT molecular complexity index is 797. The van der Waals surface area contributed by atoms with Gasteiger partial charge in [-0.05, 0) is 50.7 Å². The fraction of sp³-hybridized carbons (Fsp3) is 0.550. The molecule has 1 aliphatic rings. The topological polar surface area (TPSA) is 45.9 Å². The van der Waals surface area contributed by atoms with Crippen LogP contribution in [-0.4, -0.2) is 56.7 Å². The molecule has 1 aromatic heterocycles. The van der Waals surface area contributed by atoms with Crippen LogP contribution in [0, 0.1) is 19.8 Å². The number of benzene rings is 1. The van der Waals surface area contributed by atoms with Gasteiger partial charge >= 0.3 is 5.63 Å². The third-order valence-corrected chi connectivity index (χ3v) is 4.70. The first-order valence-electron chi connectivity index (χ1n) is 8.91. The van der Waals surface area contributed by atoms with Crippen molar-refractivity contribution >= 4 is 11.0 Å². The molecule has 1 saturated heterocycles. The minimum atomic E-state index is -0.273. The molecule has 2 heterocycles. The lowest BCUT2D eigenvalue weighted by molar-refractivity contribution is 0.112. The second-order valence-corrected chi connectivity index (χ2v) is 7.49. The first kappa shape index (κ1) is 18.1. The van der Waals surface area contributed by atoms with E-state index >= 15 is 0 Å². The maximum Gasteiger partial charge on any atom is 0.336 e. The third kappa shape index (κ3) is 4.48. The lowest BCUT2D eigenvalue weighted by Crippen LogP contribution is -2.34. The zero-order valence-corrected chi connectivity index (χ0v) is 15.7. The minimum Gasteiger partial charge on any atom is -0.422 e. The molecule has 0 radical (unpaired) electrons. The van der Waals surface area contributed by atoms with Gasteiger partial charge in [0.25, 0.3) is 0 Å². The Kier molecular flexibility index (Phi) is 5.57. The normalized spacial score (nSPS) is 19.5. The van der Waals surface area contributed by atoms with Crippen LogP contribution in [0.4, 0.5) is 0 Å². The Labute approximate surface area is 149 Å². The van der Waals surface area contributed by atoms with Crippen LogP contribution >= 0.6 is 0 Å². The van der Waals surface area contributed by atoms with Gasteiger partial charge in [0, 0.05) is 43.5 Å². The number of fused-ring (bicyclic) bond motifs is 1. The van der Waals surface area contributed by atoms with Crippen molar-refractivity contribution in [3.63, 3.8) is 0 Å². The Morgan fingerprint density at radius 2 is 2.04 bits per heavy atom. The second-order valence-electron chi connectivity index (χ2n) is 7.49. The van der Waals surface area contributed by atoms with E-state index in [-0.39, 0.29) is 5.63 Å². The van der Waals surface area contributed by atoms with Gasteiger partial charge in [-0.15, -0.1) is 0 Å². The molecule has 5 nitrogen and oxygen atoms in total. The molecular weight excluding hydrogens is 316 g/mol. The molecule has 0 spiro atoms. The van der Waals surface area contributed by atoms with E-state index in [1.807, 2.05) is 6.92 Å². The van der Waals surface area contributed by atoms with Crippen LogP contribution in [0.1, 0.15) is 16.7 Å². The highest BCUT2D eigenvalue weighted by molar-refractivity contribution is 5.83. The van der Waals surface area contributed by atoms with Gasteiger partial charge in [0.2, 0.25) is 0 Å². The van der Waals surface area contributed by atoms with Crippen LogP contribution in [0.5, 0.6) is 0 Å². The Hall–Kier alpha value is -1.69. The molecule has 0 aliphatic carbocycles. The van der Waals surface area contributed by atoms with Crippen molar-refractivity contribution < 1.29 is 9.15 Å². The van der Waals surface area contributed by atoms with Crippen LogP contribution < -0.4 is 5.63 Å². The van der Waals surface area contributed by atoms with Gasteiger partial charge < -0.3 is 14.1 Å². The van der Waals surface area contributed by atoms with Crippen LogP contribution in [0.3, 0.4) is 0 Å². The zero-order valence-electron chi connectivity index (χ0n) is 15.7. The number of hydrogen-bond donors (Lipinski definition) is 0. The molecular formula is C20H28N2O3. The summed E-state index contributed by atoms with van der Waals surface area (Å²) in [5.74, 6) is 0.479. The first-order valence-corrected chi connectivity index (χ1v) is 8.91. The molecule has 1 unspecified atom stereocenters. The van der Waals surface area contributed by atoms with E-state index in [1.54, 1.807) is 6.07 Å². The largest absolute Gasteiger partial charge is 0.422 e. The van der Waals surface area contributed by atoms with Gasteiger partial charge in [-0.3, -0.25) is 4.90 Å². The first-order chi connectivity index (χ1) is 11.9. The van der Waals surface area contributed by atoms with Crippen LogP contribution in [0.25, 0.3) is 11.0 Å². The zero-order chi connectivity index (χ0) is 18.0. The van der Waals surface area contributed by atoms with Crippen molar-refractivity contribution in [3.8, 4) is 0 Å². The van der Waals surface area contributed by atoms with E-state index in [2.05, 4.69) is 43.0 Å². The van der Waals surface area contributed by atoms with Crippen LogP contribution in [0.15, 0.2) is 27.4 Å². The summed E-state index contributed by atoms with van der Waals surface area (Å²) >= 11 is 0. The van der Waals surface area contributed by atoms with Gasteiger partial charge in [-0.1, -0.05) is 6.07 Å². The van der Waals surface area contributed by atoms with Crippen molar-refractivity contribution in [3.05, 3.63) is 45.3 Å². The molecule has 25 heavy (non-hydrogen) atoms. The van der Waals surface area contributed by atoms with E-state index in [4.69, 9.17) is 9.15 Å². The number of rotatable bonds is 4. The average Bonchev–Trinajstić information content (AvgIpc) is 2.73. The van der Waals surface area contributed by atoms with E-state index in [1.165, 1.54) is 5.56 Å². The number of nitrogens with zero attached hydrogens (tertiary/aromatic N) is 2. The summed E-state index contributed by atoms with van der Waals surface area (Å²) in [6, 6.07) is 5.82. The van der Waals surface area contributed by atoms with Crippen molar-refractivity contribution in [2.24, 2.45) is 5.92 Å². The molecule has 5 heteroatoms. The molecule has 0 bridgehead atoms. The molecule has 1 fully saturated rings. The summed E-state index contributed by atoms with van der Waals surface area (Å²) in [5.41, 5.74) is 3.68. The number of ether oxygens (including phenoxy) is 1. The molecule has 0 N–H and O–H groups in total. The van der Waals surface area contributed by atoms with Crippen LogP contribution in [-0.2, 0) is 11.3 Å². The van der Waals surface area contributed by atoms with Gasteiger partial charge in [0.05, 0.1) is 13.2 Å². The highest BCUT2D eigenvalue weighted by Gasteiger charge is 2.20. The highest BCUT2D eigenvalue weighted by Crippen LogP contribution is 2.24. The summed E-state index contributed by atoms with van der Waals surface area (Å²) in [5, 5.41) is 1.05. The van der Waals surface area contributed by atoms with Gasteiger partial charge in [0.1, 0.15) is 5.58 Å². The Morgan fingerprint density at radius 1 is 1.24 bits per heavy atom. The summed E-state index contributed by atoms with van der Waals surface area (Å²) < 4.78 is 11.2. The average molecular weight is 344 g/mol. The van der Waals surface area contributed by atoms with Gasteiger partial charge in [0.15, 0.2) is 0 Å². The predicted octanol–water partition coefficient (Wildman–Crippen LogP) is 2.42. The quantitative estimate of drug-likeness (QED) is 0.797. The molecule has 136 valence electrons. The van der Waals surface area contributed by atoms with Crippen molar-refractivity contribution in [1.29, 1.82) is 0 Å². The van der Waals surface area contributed by atoms with Crippen LogP contribution in [0.2, 0.25) is 0 Å². The van der Waals surface area contributed by atoms with E-state index in [9.17, 15) is 4.79 Å². The lowest BCUT2D eigenvalue weighted by atomic mass is 10.0. The Morgan fingerprint density at radius 3 is 2.80 bits per heavy atom. The number of hydrogen-bond acceptors (Lipinski definition) is 5. The smallest absolute Gasteiger partial charge is 0.336 e. The molecule has 0 saturated carbocycles. The molecule has 1 aliphatic heterocycles. The number of aryl methyl sites for hydroxylation is 2. The monoisotopic (exact) mass is 344 g/mol. The van der Waals surface area contributed by atoms with E-state index < -0.39 is 0 Å². The fourth-order valence-corrected chi connectivity index (χ4v) is 3.77. The van der Waals surface area contributed by atoms with E-state index in [0.717, 1.165) is 55.9 Å². The predicted molar refractivity (Wildman–Crippen MR) is 100 cm³/mol. The van der Waals surface area contributed by atoms with Crippen molar-refractivity contribution in [2.45, 2.75) is 20.4 Å². The fourth-order valence-electron chi connectivity index (χ4n) is 3.77. The third-order valence-electron chi connectivity index (χ3n) is 4.70. The maximum atomic E-state index is 12.0. The van der Waals surface area contributed by atoms with Crippen molar-refractivity contribution in [1.82, 2.24) is 9.80 Å². The maximum absolute atomic E-state index is 12.0. The second kappa shape index (κ2) is 7.68. The summed E-state index contributed by atoms with van der Waals surface area (Å²) in [6.45, 7) is 9.22. The van der Waals surface area contributed by atoms with Crippen molar-refractivity contribution in [2.75, 3.05) is 46.9 Å². The summed E-state index contributed by atoms with van der Waals surface area (Å²) in [4.78, 5) is 16.6. The molecule has 2 aromatic rings. The molecule has 1 aromatic carbocycles. The minimum absolute atomic E-state index is 0.273. The van der Waals surface area contributed by atoms with Gasteiger partial charge in [-0.2, -0.15) is 0 Å². The highest BCUT2D eigenvalue weighted by atomic mass is 16.5. The van der Waals surface area contributed by atoms with E-state index in [0.29, 0.717) is 11.5 Å².